The highest BCUT2D eigenvalue weighted by Crippen LogP contribution is 2.27. The molecule has 5 heteroatoms. The number of amides is 1. The molecule has 0 radical (unpaired) electrons. The summed E-state index contributed by atoms with van der Waals surface area (Å²) < 4.78 is 0. The summed E-state index contributed by atoms with van der Waals surface area (Å²) in [6, 6.07) is 7.71. The SMILES string of the molecule is O=C(N1CCc2ccccc21)n1nccn1. The van der Waals surface area contributed by atoms with Crippen LogP contribution in [0, 0.1) is 0 Å². The first-order valence-electron chi connectivity index (χ1n) is 5.12. The minimum absolute atomic E-state index is 0.199. The molecule has 1 aliphatic rings. The molecule has 3 rings (SSSR count). The van der Waals surface area contributed by atoms with Crippen LogP contribution in [0.15, 0.2) is 36.7 Å². The maximum Gasteiger partial charge on any atom is 0.366 e. The van der Waals surface area contributed by atoms with E-state index in [4.69, 9.17) is 0 Å². The van der Waals surface area contributed by atoms with E-state index in [1.54, 1.807) is 4.90 Å². The van der Waals surface area contributed by atoms with E-state index in [-0.39, 0.29) is 6.03 Å². The van der Waals surface area contributed by atoms with Gasteiger partial charge in [-0.2, -0.15) is 10.2 Å². The van der Waals surface area contributed by atoms with Crippen molar-refractivity contribution >= 4 is 11.7 Å². The van der Waals surface area contributed by atoms with Gasteiger partial charge in [-0.3, -0.25) is 4.90 Å². The van der Waals surface area contributed by atoms with Gasteiger partial charge in [-0.1, -0.05) is 23.0 Å². The van der Waals surface area contributed by atoms with E-state index < -0.39 is 0 Å². The van der Waals surface area contributed by atoms with Crippen molar-refractivity contribution < 1.29 is 4.79 Å². The Balaban J connectivity index is 1.96. The van der Waals surface area contributed by atoms with Gasteiger partial charge in [0.25, 0.3) is 0 Å². The molecular weight excluding hydrogens is 204 g/mol. The molecule has 2 aromatic rings. The molecule has 0 fully saturated rings. The molecule has 0 saturated heterocycles. The van der Waals surface area contributed by atoms with Crippen molar-refractivity contribution in [3.05, 3.63) is 42.2 Å². The lowest BCUT2D eigenvalue weighted by Gasteiger charge is -2.15. The fourth-order valence-electron chi connectivity index (χ4n) is 1.96. The minimum Gasteiger partial charge on any atom is -0.291 e. The van der Waals surface area contributed by atoms with Crippen LogP contribution in [-0.4, -0.2) is 27.6 Å². The fourth-order valence-corrected chi connectivity index (χ4v) is 1.96. The lowest BCUT2D eigenvalue weighted by atomic mass is 10.2. The maximum atomic E-state index is 12.0. The van der Waals surface area contributed by atoms with Crippen molar-refractivity contribution in [2.45, 2.75) is 6.42 Å². The van der Waals surface area contributed by atoms with Crippen LogP contribution in [0.5, 0.6) is 0 Å². The molecule has 0 aliphatic carbocycles. The summed E-state index contributed by atoms with van der Waals surface area (Å²) in [4.78, 5) is 14.9. The molecule has 1 aromatic carbocycles. The number of benzene rings is 1. The molecule has 0 N–H and O–H groups in total. The number of carbonyl (C=O) groups is 1. The molecule has 80 valence electrons. The van der Waals surface area contributed by atoms with Crippen molar-refractivity contribution in [1.29, 1.82) is 0 Å². The van der Waals surface area contributed by atoms with E-state index in [0.29, 0.717) is 6.54 Å². The number of para-hydroxylation sites is 1. The predicted octanol–water partition coefficient (Wildman–Crippen LogP) is 1.31. The summed E-state index contributed by atoms with van der Waals surface area (Å²) in [6.45, 7) is 0.694. The van der Waals surface area contributed by atoms with Gasteiger partial charge in [-0.15, -0.1) is 0 Å². The van der Waals surface area contributed by atoms with Crippen LogP contribution in [0.3, 0.4) is 0 Å². The average Bonchev–Trinajstić information content (AvgIpc) is 2.98. The van der Waals surface area contributed by atoms with Gasteiger partial charge in [0.1, 0.15) is 0 Å². The fraction of sp³-hybridized carbons (Fsp3) is 0.182. The first-order valence-corrected chi connectivity index (χ1v) is 5.12. The van der Waals surface area contributed by atoms with Gasteiger partial charge in [0.2, 0.25) is 0 Å². The molecule has 0 spiro atoms. The topological polar surface area (TPSA) is 51.0 Å². The smallest absolute Gasteiger partial charge is 0.291 e. The van der Waals surface area contributed by atoms with Gasteiger partial charge in [0, 0.05) is 12.2 Å². The minimum atomic E-state index is -0.199. The number of rotatable bonds is 0. The summed E-state index contributed by atoms with van der Waals surface area (Å²) in [6.07, 6.45) is 3.89. The lowest BCUT2D eigenvalue weighted by molar-refractivity contribution is 0.242. The molecule has 0 unspecified atom stereocenters. The van der Waals surface area contributed by atoms with Crippen LogP contribution >= 0.6 is 0 Å². The van der Waals surface area contributed by atoms with E-state index in [9.17, 15) is 4.79 Å². The number of aromatic nitrogens is 3. The van der Waals surface area contributed by atoms with Gasteiger partial charge in [-0.25, -0.2) is 4.79 Å². The molecule has 0 atom stereocenters. The number of fused-ring (bicyclic) bond motifs is 1. The quantitative estimate of drug-likeness (QED) is 0.664. The van der Waals surface area contributed by atoms with Crippen LogP contribution in [0.1, 0.15) is 5.56 Å². The normalized spacial score (nSPS) is 13.9. The first-order chi connectivity index (χ1) is 7.86. The zero-order valence-corrected chi connectivity index (χ0v) is 8.58. The maximum absolute atomic E-state index is 12.0. The standard InChI is InChI=1S/C11H10N4O/c16-11(15-12-6-7-13-15)14-8-5-9-3-1-2-4-10(9)14/h1-4,6-7H,5,8H2. The molecule has 1 amide bonds. The van der Waals surface area contributed by atoms with Gasteiger partial charge in [0.05, 0.1) is 12.4 Å². The lowest BCUT2D eigenvalue weighted by Crippen LogP contribution is -2.34. The van der Waals surface area contributed by atoms with Crippen LogP contribution in [0.4, 0.5) is 10.5 Å². The Bertz CT molecular complexity index is 521. The predicted molar refractivity (Wildman–Crippen MR) is 58.3 cm³/mol. The molecule has 1 aromatic heterocycles. The molecule has 1 aliphatic heterocycles. The highest BCUT2D eigenvalue weighted by Gasteiger charge is 2.25. The van der Waals surface area contributed by atoms with Crippen molar-refractivity contribution in [3.63, 3.8) is 0 Å². The second-order valence-electron chi connectivity index (χ2n) is 3.63. The van der Waals surface area contributed by atoms with Crippen LogP contribution < -0.4 is 4.90 Å². The summed E-state index contributed by atoms with van der Waals surface area (Å²) >= 11 is 0. The van der Waals surface area contributed by atoms with E-state index in [1.165, 1.54) is 18.0 Å². The van der Waals surface area contributed by atoms with Crippen molar-refractivity contribution in [1.82, 2.24) is 15.0 Å². The highest BCUT2D eigenvalue weighted by atomic mass is 16.2. The number of nitrogens with zero attached hydrogens (tertiary/aromatic N) is 4. The molecular formula is C11H10N4O. The Morgan fingerprint density at radius 3 is 2.75 bits per heavy atom. The van der Waals surface area contributed by atoms with Crippen LogP contribution in [0.25, 0.3) is 0 Å². The van der Waals surface area contributed by atoms with E-state index in [2.05, 4.69) is 10.2 Å². The van der Waals surface area contributed by atoms with Crippen LogP contribution in [-0.2, 0) is 6.42 Å². The zero-order valence-electron chi connectivity index (χ0n) is 8.58. The highest BCUT2D eigenvalue weighted by molar-refractivity contribution is 5.94. The summed E-state index contributed by atoms with van der Waals surface area (Å²) in [7, 11) is 0. The Labute approximate surface area is 92.3 Å². The third-order valence-corrected chi connectivity index (χ3v) is 2.71. The first kappa shape index (κ1) is 9.08. The number of hydrogen-bond acceptors (Lipinski definition) is 3. The second-order valence-corrected chi connectivity index (χ2v) is 3.63. The molecule has 2 heterocycles. The largest absolute Gasteiger partial charge is 0.366 e. The third kappa shape index (κ3) is 1.29. The Morgan fingerprint density at radius 1 is 1.19 bits per heavy atom. The summed E-state index contributed by atoms with van der Waals surface area (Å²) in [5.41, 5.74) is 2.16. The summed E-state index contributed by atoms with van der Waals surface area (Å²) in [5, 5.41) is 7.70. The van der Waals surface area contributed by atoms with E-state index in [1.807, 2.05) is 24.3 Å². The number of anilines is 1. The van der Waals surface area contributed by atoms with Gasteiger partial charge < -0.3 is 0 Å². The van der Waals surface area contributed by atoms with Crippen LogP contribution in [0.2, 0.25) is 0 Å². The molecule has 5 nitrogen and oxygen atoms in total. The Kier molecular flexibility index (Phi) is 1.96. The second kappa shape index (κ2) is 3.44. The van der Waals surface area contributed by atoms with Crippen molar-refractivity contribution in [3.8, 4) is 0 Å². The van der Waals surface area contributed by atoms with Crippen molar-refractivity contribution in [2.75, 3.05) is 11.4 Å². The van der Waals surface area contributed by atoms with Crippen molar-refractivity contribution in [2.24, 2.45) is 0 Å². The van der Waals surface area contributed by atoms with Gasteiger partial charge in [-0.05, 0) is 18.1 Å². The molecule has 0 saturated carbocycles. The molecule has 0 bridgehead atoms. The number of hydrogen-bond donors (Lipinski definition) is 0. The molecule has 16 heavy (non-hydrogen) atoms. The van der Waals surface area contributed by atoms with E-state index in [0.717, 1.165) is 16.9 Å². The van der Waals surface area contributed by atoms with Gasteiger partial charge in [0.15, 0.2) is 0 Å². The Hall–Kier alpha value is -2.17. The summed E-state index contributed by atoms with van der Waals surface area (Å²) in [5.74, 6) is 0. The monoisotopic (exact) mass is 214 g/mol. The van der Waals surface area contributed by atoms with Gasteiger partial charge >= 0.3 is 6.03 Å². The Morgan fingerprint density at radius 2 is 1.94 bits per heavy atom. The van der Waals surface area contributed by atoms with E-state index >= 15 is 0 Å². The average molecular weight is 214 g/mol. The zero-order chi connectivity index (χ0) is 11.0. The third-order valence-electron chi connectivity index (χ3n) is 2.71. The number of carbonyl (C=O) groups excluding carboxylic acids is 1.